The fourth-order valence-corrected chi connectivity index (χ4v) is 9.37. The van der Waals surface area contributed by atoms with Gasteiger partial charge in [-0.3, -0.25) is 4.90 Å². The van der Waals surface area contributed by atoms with Crippen LogP contribution in [0.4, 0.5) is 5.82 Å². The van der Waals surface area contributed by atoms with Crippen molar-refractivity contribution in [1.82, 2.24) is 18.8 Å². The number of nitrogens with zero attached hydrogens (tertiary/aromatic N) is 5. The molecule has 0 radical (unpaired) electrons. The largest absolute Gasteiger partial charge is 0.381 e. The van der Waals surface area contributed by atoms with Crippen LogP contribution in [0.5, 0.6) is 0 Å². The van der Waals surface area contributed by atoms with Gasteiger partial charge in [0.2, 0.25) is 0 Å². The molecule has 1 saturated heterocycles. The highest BCUT2D eigenvalue weighted by molar-refractivity contribution is 7.92. The number of rotatable bonds is 9. The number of fused-ring (bicyclic) bond motifs is 1. The zero-order valence-corrected chi connectivity index (χ0v) is 24.1. The third-order valence-corrected chi connectivity index (χ3v) is 12.8. The first kappa shape index (κ1) is 26.7. The van der Waals surface area contributed by atoms with Crippen LogP contribution < -0.4 is 4.90 Å². The molecule has 0 bridgehead atoms. The quantitative estimate of drug-likeness (QED) is 0.381. The number of sulfone groups is 1. The van der Waals surface area contributed by atoms with E-state index in [1.807, 2.05) is 18.9 Å². The molecule has 3 fully saturated rings. The first-order valence-electron chi connectivity index (χ1n) is 13.4. The lowest BCUT2D eigenvalue weighted by Gasteiger charge is -2.50. The Hall–Kier alpha value is -2.54. The Morgan fingerprint density at radius 2 is 1.69 bits per heavy atom. The maximum absolute atomic E-state index is 13.3. The number of aryl methyl sites for hydroxylation is 1. The average molecular weight is 574 g/mol. The molecule has 3 aliphatic rings. The molecule has 2 saturated carbocycles. The van der Waals surface area contributed by atoms with Crippen LogP contribution >= 0.6 is 0 Å². The zero-order valence-electron chi connectivity index (χ0n) is 22.5. The summed E-state index contributed by atoms with van der Waals surface area (Å²) in [6.45, 7) is 3.19. The van der Waals surface area contributed by atoms with Gasteiger partial charge in [-0.1, -0.05) is 17.7 Å². The summed E-state index contributed by atoms with van der Waals surface area (Å²) in [4.78, 5) is 13.3. The molecule has 210 valence electrons. The van der Waals surface area contributed by atoms with Crippen molar-refractivity contribution in [3.05, 3.63) is 48.4 Å². The number of hydrogen-bond donors (Lipinski definition) is 0. The van der Waals surface area contributed by atoms with Crippen LogP contribution in [0.2, 0.25) is 0 Å². The van der Waals surface area contributed by atoms with Crippen LogP contribution in [0.3, 0.4) is 0 Å². The summed E-state index contributed by atoms with van der Waals surface area (Å²) in [6, 6.07) is 9.07. The monoisotopic (exact) mass is 573 g/mol. The number of ether oxygens (including phenoxy) is 1. The van der Waals surface area contributed by atoms with E-state index in [1.54, 1.807) is 37.4 Å². The van der Waals surface area contributed by atoms with Crippen molar-refractivity contribution in [2.45, 2.75) is 60.9 Å². The van der Waals surface area contributed by atoms with Gasteiger partial charge in [0.1, 0.15) is 12.1 Å². The standard InChI is InChI=1S/C27H35N5O5S2/c1-18-4-6-23(7-5-18)39(35,36)32-9-8-25-26(28-17-29-27(25)32)30(2)20-10-19(11-20)16-38(33,34)24-14-31(15-24)21-12-22(13-21)37-3/h4-9,17,19-22,24H,10-16H2,1-3H3. The number of likely N-dealkylation sites (tertiary alicyclic amines) is 1. The molecule has 3 heterocycles. The van der Waals surface area contributed by atoms with E-state index in [0.717, 1.165) is 31.2 Å². The molecule has 39 heavy (non-hydrogen) atoms. The number of hydrogen-bond acceptors (Lipinski definition) is 9. The molecule has 0 spiro atoms. The highest BCUT2D eigenvalue weighted by Gasteiger charge is 2.46. The van der Waals surface area contributed by atoms with Crippen molar-refractivity contribution in [3.8, 4) is 0 Å². The van der Waals surface area contributed by atoms with Gasteiger partial charge in [0, 0.05) is 45.5 Å². The molecule has 6 rings (SSSR count). The summed E-state index contributed by atoms with van der Waals surface area (Å²) in [7, 11) is -3.28. The van der Waals surface area contributed by atoms with E-state index >= 15 is 0 Å². The molecule has 12 heteroatoms. The van der Waals surface area contributed by atoms with Crippen LogP contribution in [0, 0.1) is 12.8 Å². The Labute approximate surface area is 230 Å². The summed E-state index contributed by atoms with van der Waals surface area (Å²) in [6.07, 6.45) is 6.74. The third kappa shape index (κ3) is 4.75. The summed E-state index contributed by atoms with van der Waals surface area (Å²) in [5, 5.41) is 0.389. The van der Waals surface area contributed by atoms with Gasteiger partial charge in [0.05, 0.1) is 27.4 Å². The predicted molar refractivity (Wildman–Crippen MR) is 149 cm³/mol. The lowest BCUT2D eigenvalue weighted by atomic mass is 9.81. The smallest absolute Gasteiger partial charge is 0.269 e. The number of methoxy groups -OCH3 is 1. The molecule has 2 aliphatic carbocycles. The van der Waals surface area contributed by atoms with E-state index in [9.17, 15) is 16.8 Å². The van der Waals surface area contributed by atoms with Crippen LogP contribution in [-0.4, -0.2) is 92.1 Å². The van der Waals surface area contributed by atoms with Crippen molar-refractivity contribution in [1.29, 1.82) is 0 Å². The molecule has 1 aliphatic heterocycles. The number of benzene rings is 1. The minimum Gasteiger partial charge on any atom is -0.381 e. The normalized spacial score (nSPS) is 26.1. The minimum absolute atomic E-state index is 0.127. The fraction of sp³-hybridized carbons (Fsp3) is 0.556. The Kier molecular flexibility index (Phi) is 6.72. The number of aromatic nitrogens is 3. The molecular formula is C27H35N5O5S2. The second-order valence-corrected chi connectivity index (χ2v) is 15.5. The topological polar surface area (TPSA) is 115 Å². The van der Waals surface area contributed by atoms with Gasteiger partial charge in [-0.15, -0.1) is 0 Å². The van der Waals surface area contributed by atoms with E-state index < -0.39 is 19.9 Å². The summed E-state index contributed by atoms with van der Waals surface area (Å²) in [5.41, 5.74) is 1.30. The summed E-state index contributed by atoms with van der Waals surface area (Å²) >= 11 is 0. The molecule has 3 aromatic rings. The SMILES string of the molecule is COC1CC(N2CC(S(=O)(=O)CC3CC(N(C)c4ncnc5c4ccn5S(=O)(=O)c4ccc(C)cc4)C3)C2)C1. The van der Waals surface area contributed by atoms with Crippen LogP contribution in [-0.2, 0) is 24.6 Å². The number of anilines is 1. The van der Waals surface area contributed by atoms with Crippen LogP contribution in [0.1, 0.15) is 31.2 Å². The first-order valence-corrected chi connectivity index (χ1v) is 16.6. The summed E-state index contributed by atoms with van der Waals surface area (Å²) in [5.74, 6) is 1.00. The molecule has 10 nitrogen and oxygen atoms in total. The average Bonchev–Trinajstić information content (AvgIpc) is 3.26. The van der Waals surface area contributed by atoms with E-state index in [0.29, 0.717) is 42.1 Å². The van der Waals surface area contributed by atoms with E-state index in [1.165, 1.54) is 16.5 Å². The maximum atomic E-state index is 13.3. The van der Waals surface area contributed by atoms with Gasteiger partial charge in [-0.05, 0) is 56.7 Å². The molecular weight excluding hydrogens is 538 g/mol. The maximum Gasteiger partial charge on any atom is 0.269 e. The van der Waals surface area contributed by atoms with Crippen LogP contribution in [0.15, 0.2) is 47.8 Å². The van der Waals surface area contributed by atoms with E-state index in [2.05, 4.69) is 14.9 Å². The zero-order chi connectivity index (χ0) is 27.5. The van der Waals surface area contributed by atoms with Gasteiger partial charge in [0.25, 0.3) is 10.0 Å². The molecule has 1 aromatic carbocycles. The van der Waals surface area contributed by atoms with Gasteiger partial charge in [-0.25, -0.2) is 30.8 Å². The minimum atomic E-state index is -3.81. The lowest BCUT2D eigenvalue weighted by molar-refractivity contribution is -0.0445. The van der Waals surface area contributed by atoms with Crippen molar-refractivity contribution in [3.63, 3.8) is 0 Å². The van der Waals surface area contributed by atoms with E-state index in [-0.39, 0.29) is 27.9 Å². The second kappa shape index (κ2) is 9.83. The molecule has 0 atom stereocenters. The molecule has 0 N–H and O–H groups in total. The highest BCUT2D eigenvalue weighted by atomic mass is 32.2. The molecule has 2 aromatic heterocycles. The first-order chi connectivity index (χ1) is 18.6. The van der Waals surface area contributed by atoms with Crippen molar-refractivity contribution < 1.29 is 21.6 Å². The van der Waals surface area contributed by atoms with Gasteiger partial charge >= 0.3 is 0 Å². The second-order valence-electron chi connectivity index (χ2n) is 11.4. The molecule has 0 unspecified atom stereocenters. The highest BCUT2D eigenvalue weighted by Crippen LogP contribution is 2.38. The van der Waals surface area contributed by atoms with Crippen LogP contribution in [0.25, 0.3) is 11.0 Å². The van der Waals surface area contributed by atoms with Gasteiger partial charge in [0.15, 0.2) is 15.5 Å². The Morgan fingerprint density at radius 3 is 2.36 bits per heavy atom. The van der Waals surface area contributed by atoms with Crippen molar-refractivity contribution in [2.24, 2.45) is 5.92 Å². The Bertz CT molecular complexity index is 1570. The van der Waals surface area contributed by atoms with E-state index in [4.69, 9.17) is 4.74 Å². The Balaban J connectivity index is 1.09. The van der Waals surface area contributed by atoms with Crippen molar-refractivity contribution in [2.75, 3.05) is 37.9 Å². The summed E-state index contributed by atoms with van der Waals surface area (Å²) < 4.78 is 59.2. The van der Waals surface area contributed by atoms with Crippen molar-refractivity contribution >= 4 is 36.7 Å². The van der Waals surface area contributed by atoms with Gasteiger partial charge < -0.3 is 9.64 Å². The Morgan fingerprint density at radius 1 is 1.00 bits per heavy atom. The third-order valence-electron chi connectivity index (χ3n) is 8.87. The fourth-order valence-electron chi connectivity index (χ4n) is 6.03. The lowest BCUT2D eigenvalue weighted by Crippen LogP contribution is -2.63. The van der Waals surface area contributed by atoms with Gasteiger partial charge in [-0.2, -0.15) is 0 Å². The predicted octanol–water partition coefficient (Wildman–Crippen LogP) is 2.47. The molecule has 0 amide bonds.